The van der Waals surface area contributed by atoms with Crippen LogP contribution >= 0.6 is 0 Å². The summed E-state index contributed by atoms with van der Waals surface area (Å²) in [6.07, 6.45) is 0.404. The zero-order chi connectivity index (χ0) is 17.1. The van der Waals surface area contributed by atoms with Crippen LogP contribution < -0.4 is 15.7 Å². The van der Waals surface area contributed by atoms with Crippen molar-refractivity contribution >= 4 is 11.7 Å². The Kier molecular flexibility index (Phi) is 4.50. The monoisotopic (exact) mass is 332 g/mol. The Labute approximate surface area is 137 Å². The summed E-state index contributed by atoms with van der Waals surface area (Å²) in [5.41, 5.74) is -0.333. The van der Waals surface area contributed by atoms with Gasteiger partial charge < -0.3 is 19.4 Å². The Morgan fingerprint density at radius 2 is 2.17 bits per heavy atom. The predicted octanol–water partition coefficient (Wildman–Crippen LogP) is 2.77. The topological polar surface area (TPSA) is 71.8 Å². The molecular weight excluding hydrogens is 315 g/mol. The molecular formula is C17H17FN2O4. The number of benzene rings is 1. The molecule has 2 amide bonds. The van der Waals surface area contributed by atoms with E-state index in [0.29, 0.717) is 31.0 Å². The van der Waals surface area contributed by atoms with E-state index in [1.807, 2.05) is 0 Å². The number of ether oxygens (including phenoxy) is 1. The van der Waals surface area contributed by atoms with Gasteiger partial charge in [0.1, 0.15) is 23.4 Å². The van der Waals surface area contributed by atoms with E-state index in [1.54, 1.807) is 30.0 Å². The largest absolute Gasteiger partial charge is 0.488 e. The second-order valence-electron chi connectivity index (χ2n) is 5.61. The lowest BCUT2D eigenvalue weighted by atomic mass is 10.3. The smallest absolute Gasteiger partial charge is 0.339 e. The summed E-state index contributed by atoms with van der Waals surface area (Å²) < 4.78 is 24.2. The molecule has 0 radical (unpaired) electrons. The van der Waals surface area contributed by atoms with E-state index in [0.717, 1.165) is 0 Å². The maximum Gasteiger partial charge on any atom is 0.339 e. The van der Waals surface area contributed by atoms with Crippen molar-refractivity contribution < 1.29 is 18.3 Å². The van der Waals surface area contributed by atoms with Gasteiger partial charge in [0.15, 0.2) is 0 Å². The van der Waals surface area contributed by atoms with Gasteiger partial charge in [-0.3, -0.25) is 0 Å². The Balaban J connectivity index is 1.59. The van der Waals surface area contributed by atoms with Gasteiger partial charge >= 0.3 is 11.7 Å². The van der Waals surface area contributed by atoms with Crippen LogP contribution in [0.15, 0.2) is 45.6 Å². The maximum atomic E-state index is 13.6. The summed E-state index contributed by atoms with van der Waals surface area (Å²) >= 11 is 0. The minimum Gasteiger partial charge on any atom is -0.488 e. The highest BCUT2D eigenvalue weighted by atomic mass is 19.1. The molecule has 0 aliphatic carbocycles. The third kappa shape index (κ3) is 3.73. The predicted molar refractivity (Wildman–Crippen MR) is 85.7 cm³/mol. The number of rotatable bonds is 3. The first-order chi connectivity index (χ1) is 11.5. The van der Waals surface area contributed by atoms with Gasteiger partial charge in [-0.2, -0.15) is 0 Å². The lowest BCUT2D eigenvalue weighted by Gasteiger charge is -2.18. The number of carbonyl (C=O) groups excluding carboxylic acids is 1. The Hall–Kier alpha value is -2.83. The van der Waals surface area contributed by atoms with E-state index in [4.69, 9.17) is 9.15 Å². The molecule has 1 unspecified atom stereocenters. The minimum atomic E-state index is -0.482. The van der Waals surface area contributed by atoms with Crippen LogP contribution in [0.25, 0.3) is 0 Å². The van der Waals surface area contributed by atoms with Crippen molar-refractivity contribution in [3.8, 4) is 5.75 Å². The summed E-state index contributed by atoms with van der Waals surface area (Å²) in [5.74, 6) is 0.402. The maximum absolute atomic E-state index is 13.6. The summed E-state index contributed by atoms with van der Waals surface area (Å²) in [6, 6.07) is 8.52. The molecule has 24 heavy (non-hydrogen) atoms. The number of hydrogen-bond acceptors (Lipinski definition) is 4. The quantitative estimate of drug-likeness (QED) is 0.938. The molecule has 126 valence electrons. The molecule has 1 aliphatic heterocycles. The normalized spacial score (nSPS) is 16.9. The van der Waals surface area contributed by atoms with Gasteiger partial charge in [-0.25, -0.2) is 14.0 Å². The number of urea groups is 1. The average molecular weight is 332 g/mol. The molecule has 1 fully saturated rings. The van der Waals surface area contributed by atoms with Gasteiger partial charge in [0.05, 0.1) is 18.3 Å². The number of amides is 2. The molecule has 1 aromatic carbocycles. The average Bonchev–Trinajstić information content (AvgIpc) is 2.97. The van der Waals surface area contributed by atoms with Crippen molar-refractivity contribution in [1.29, 1.82) is 0 Å². The molecule has 2 aromatic rings. The number of para-hydroxylation sites is 1. The Morgan fingerprint density at radius 3 is 2.92 bits per heavy atom. The van der Waals surface area contributed by atoms with Crippen LogP contribution in [0.4, 0.5) is 14.9 Å². The van der Waals surface area contributed by atoms with Crippen molar-refractivity contribution in [2.24, 2.45) is 0 Å². The van der Waals surface area contributed by atoms with E-state index in [2.05, 4.69) is 5.32 Å². The third-order valence-corrected chi connectivity index (χ3v) is 3.72. The van der Waals surface area contributed by atoms with E-state index in [1.165, 1.54) is 18.2 Å². The van der Waals surface area contributed by atoms with Crippen LogP contribution in [0.5, 0.6) is 5.75 Å². The number of hydrogen-bond donors (Lipinski definition) is 1. The van der Waals surface area contributed by atoms with Crippen molar-refractivity contribution in [3.05, 3.63) is 58.4 Å². The van der Waals surface area contributed by atoms with Crippen molar-refractivity contribution in [2.45, 2.75) is 19.4 Å². The summed E-state index contributed by atoms with van der Waals surface area (Å²) in [6.45, 7) is 2.52. The molecule has 6 nitrogen and oxygen atoms in total. The minimum absolute atomic E-state index is 0.142. The van der Waals surface area contributed by atoms with Crippen molar-refractivity contribution in [2.75, 3.05) is 18.4 Å². The molecule has 2 heterocycles. The first kappa shape index (κ1) is 16.0. The molecule has 0 spiro atoms. The highest BCUT2D eigenvalue weighted by Gasteiger charge is 2.28. The standard InChI is InChI=1S/C17H17FN2O4/c1-11-8-13(9-16(21)23-11)24-12-6-7-20(10-12)17(22)19-15-5-3-2-4-14(15)18/h2-5,8-9,12H,6-7,10H2,1H3,(H,19,22). The van der Waals surface area contributed by atoms with Gasteiger partial charge in [0, 0.05) is 19.0 Å². The number of aryl methyl sites for hydroxylation is 1. The number of halogens is 1. The fourth-order valence-corrected chi connectivity index (χ4v) is 2.60. The van der Waals surface area contributed by atoms with Crippen LogP contribution in [0, 0.1) is 12.7 Å². The number of anilines is 1. The zero-order valence-electron chi connectivity index (χ0n) is 13.1. The van der Waals surface area contributed by atoms with Gasteiger partial charge in [-0.05, 0) is 19.1 Å². The van der Waals surface area contributed by atoms with Crippen molar-refractivity contribution in [1.82, 2.24) is 4.90 Å². The number of nitrogens with zero attached hydrogens (tertiary/aromatic N) is 1. The Morgan fingerprint density at radius 1 is 1.38 bits per heavy atom. The van der Waals surface area contributed by atoms with Gasteiger partial charge in [0.2, 0.25) is 0 Å². The molecule has 1 N–H and O–H groups in total. The van der Waals surface area contributed by atoms with Crippen LogP contribution in [0.3, 0.4) is 0 Å². The van der Waals surface area contributed by atoms with Gasteiger partial charge in [-0.15, -0.1) is 0 Å². The SMILES string of the molecule is Cc1cc(OC2CCN(C(=O)Nc3ccccc3F)C2)cc(=O)o1. The molecule has 1 saturated heterocycles. The Bertz CT molecular complexity index is 805. The highest BCUT2D eigenvalue weighted by molar-refractivity contribution is 5.89. The lowest BCUT2D eigenvalue weighted by Crippen LogP contribution is -2.34. The second-order valence-corrected chi connectivity index (χ2v) is 5.61. The summed E-state index contributed by atoms with van der Waals surface area (Å²) in [7, 11) is 0. The van der Waals surface area contributed by atoms with Crippen LogP contribution in [0.1, 0.15) is 12.2 Å². The molecule has 3 rings (SSSR count). The molecule has 1 aliphatic rings. The second kappa shape index (κ2) is 6.74. The fourth-order valence-electron chi connectivity index (χ4n) is 2.60. The third-order valence-electron chi connectivity index (χ3n) is 3.72. The van der Waals surface area contributed by atoms with Crippen molar-refractivity contribution in [3.63, 3.8) is 0 Å². The molecule has 0 saturated carbocycles. The highest BCUT2D eigenvalue weighted by Crippen LogP contribution is 2.20. The summed E-state index contributed by atoms with van der Waals surface area (Å²) in [4.78, 5) is 25.1. The summed E-state index contributed by atoms with van der Waals surface area (Å²) in [5, 5.41) is 2.55. The number of nitrogens with one attached hydrogen (secondary N) is 1. The molecule has 1 aromatic heterocycles. The lowest BCUT2D eigenvalue weighted by molar-refractivity contribution is 0.193. The first-order valence-electron chi connectivity index (χ1n) is 7.60. The van der Waals surface area contributed by atoms with E-state index >= 15 is 0 Å². The van der Waals surface area contributed by atoms with Crippen LogP contribution in [-0.4, -0.2) is 30.1 Å². The van der Waals surface area contributed by atoms with Gasteiger partial charge in [0.25, 0.3) is 0 Å². The van der Waals surface area contributed by atoms with E-state index in [-0.39, 0.29) is 17.8 Å². The fraction of sp³-hybridized carbons (Fsp3) is 0.294. The molecule has 0 bridgehead atoms. The van der Waals surface area contributed by atoms with Gasteiger partial charge in [-0.1, -0.05) is 12.1 Å². The zero-order valence-corrected chi connectivity index (χ0v) is 13.1. The number of likely N-dealkylation sites (tertiary alicyclic amines) is 1. The first-order valence-corrected chi connectivity index (χ1v) is 7.60. The van der Waals surface area contributed by atoms with Crippen LogP contribution in [-0.2, 0) is 0 Å². The van der Waals surface area contributed by atoms with Crippen LogP contribution in [0.2, 0.25) is 0 Å². The number of carbonyl (C=O) groups is 1. The van der Waals surface area contributed by atoms with E-state index in [9.17, 15) is 14.0 Å². The molecule has 7 heteroatoms. The molecule has 1 atom stereocenters. The van der Waals surface area contributed by atoms with E-state index < -0.39 is 11.4 Å².